The van der Waals surface area contributed by atoms with Crippen molar-refractivity contribution in [3.8, 4) is 0 Å². The van der Waals surface area contributed by atoms with E-state index in [1.807, 2.05) is 50.2 Å². The molecule has 1 saturated carbocycles. The number of benzene rings is 1. The van der Waals surface area contributed by atoms with E-state index in [0.717, 1.165) is 28.9 Å². The van der Waals surface area contributed by atoms with E-state index in [9.17, 15) is 9.59 Å². The summed E-state index contributed by atoms with van der Waals surface area (Å²) >= 11 is 0. The molecular formula is C22H23NO4. The van der Waals surface area contributed by atoms with Gasteiger partial charge < -0.3 is 14.5 Å². The summed E-state index contributed by atoms with van der Waals surface area (Å²) in [6.45, 7) is 4.09. The van der Waals surface area contributed by atoms with Crippen LogP contribution >= 0.6 is 0 Å². The Kier molecular flexibility index (Phi) is 4.60. The predicted octanol–water partition coefficient (Wildman–Crippen LogP) is 3.64. The quantitative estimate of drug-likeness (QED) is 0.838. The van der Waals surface area contributed by atoms with E-state index in [1.54, 1.807) is 6.26 Å². The van der Waals surface area contributed by atoms with Gasteiger partial charge in [0.15, 0.2) is 0 Å². The van der Waals surface area contributed by atoms with Crippen molar-refractivity contribution >= 4 is 11.8 Å². The van der Waals surface area contributed by atoms with Crippen LogP contribution in [0, 0.1) is 12.8 Å². The number of carbonyl (C=O) groups excluding carboxylic acids is 2. The Morgan fingerprint density at radius 3 is 2.70 bits per heavy atom. The van der Waals surface area contributed by atoms with Crippen molar-refractivity contribution in [2.75, 3.05) is 0 Å². The molecular weight excluding hydrogens is 342 g/mol. The zero-order chi connectivity index (χ0) is 19.0. The second kappa shape index (κ2) is 7.06. The van der Waals surface area contributed by atoms with Crippen LogP contribution in [0.5, 0.6) is 0 Å². The first-order valence-electron chi connectivity index (χ1n) is 9.29. The van der Waals surface area contributed by atoms with Crippen LogP contribution < -0.4 is 5.32 Å². The Labute approximate surface area is 158 Å². The number of aryl methyl sites for hydroxylation is 1. The second-order valence-electron chi connectivity index (χ2n) is 7.47. The third-order valence-electron chi connectivity index (χ3n) is 5.57. The summed E-state index contributed by atoms with van der Waals surface area (Å²) in [5.74, 6) is 0.385. The summed E-state index contributed by atoms with van der Waals surface area (Å²) in [5, 5.41) is 3.25. The summed E-state index contributed by atoms with van der Waals surface area (Å²) in [6, 6.07) is 11.5. The molecule has 0 spiro atoms. The minimum atomic E-state index is -0.398. The van der Waals surface area contributed by atoms with Gasteiger partial charge in [-0.05, 0) is 43.5 Å². The van der Waals surface area contributed by atoms with E-state index in [2.05, 4.69) is 5.32 Å². The van der Waals surface area contributed by atoms with Crippen LogP contribution in [0.25, 0.3) is 0 Å². The van der Waals surface area contributed by atoms with Crippen LogP contribution in [0.4, 0.5) is 0 Å². The third kappa shape index (κ3) is 3.42. The van der Waals surface area contributed by atoms with E-state index in [-0.39, 0.29) is 30.3 Å². The maximum Gasteiger partial charge on any atom is 0.354 e. The zero-order valence-electron chi connectivity index (χ0n) is 15.5. The molecule has 1 aromatic carbocycles. The van der Waals surface area contributed by atoms with Crippen molar-refractivity contribution < 1.29 is 18.7 Å². The van der Waals surface area contributed by atoms with Crippen molar-refractivity contribution in [1.29, 1.82) is 0 Å². The van der Waals surface area contributed by atoms with Gasteiger partial charge in [-0.3, -0.25) is 4.79 Å². The van der Waals surface area contributed by atoms with Crippen LogP contribution in [0.3, 0.4) is 0 Å². The molecule has 2 heterocycles. The van der Waals surface area contributed by atoms with Gasteiger partial charge in [-0.2, -0.15) is 0 Å². The number of Topliss-reactive ketones (excluding diaryl/α,β-unsaturated/α-hetero) is 1. The van der Waals surface area contributed by atoms with E-state index in [4.69, 9.17) is 9.15 Å². The number of rotatable bonds is 4. The fourth-order valence-corrected chi connectivity index (χ4v) is 4.13. The topological polar surface area (TPSA) is 68.5 Å². The van der Waals surface area contributed by atoms with Gasteiger partial charge in [0, 0.05) is 18.4 Å². The van der Waals surface area contributed by atoms with Crippen LogP contribution in [0.2, 0.25) is 0 Å². The van der Waals surface area contributed by atoms with Crippen molar-refractivity contribution in [3.05, 3.63) is 70.8 Å². The number of hydrogen-bond donors (Lipinski definition) is 1. The summed E-state index contributed by atoms with van der Waals surface area (Å²) in [7, 11) is 0. The number of esters is 1. The Hall–Kier alpha value is -2.82. The Balaban J connectivity index is 1.44. The highest BCUT2D eigenvalue weighted by Gasteiger charge is 2.45. The van der Waals surface area contributed by atoms with Crippen LogP contribution in [0.15, 0.2) is 58.3 Å². The number of ketones is 1. The third-order valence-corrected chi connectivity index (χ3v) is 5.57. The van der Waals surface area contributed by atoms with Gasteiger partial charge in [-0.25, -0.2) is 4.79 Å². The summed E-state index contributed by atoms with van der Waals surface area (Å²) in [6.07, 6.45) is 2.83. The minimum absolute atomic E-state index is 0.0528. The standard InChI is InChI=1S/C22H23NO4/c1-13-5-7-15(8-6-13)12-27-22(25)21-14(2)20-17(23-21)10-16(11-18(20)24)19-4-3-9-26-19/h3-9,16-17,20,23H,10-12H2,1-2H3. The van der Waals surface area contributed by atoms with Crippen molar-refractivity contribution in [1.82, 2.24) is 5.32 Å². The largest absolute Gasteiger partial charge is 0.469 e. The molecule has 2 aliphatic rings. The lowest BCUT2D eigenvalue weighted by atomic mass is 9.75. The zero-order valence-corrected chi connectivity index (χ0v) is 15.5. The number of furan rings is 1. The first-order chi connectivity index (χ1) is 13.0. The number of ether oxygens (including phenoxy) is 1. The van der Waals surface area contributed by atoms with Gasteiger partial charge in [-0.1, -0.05) is 29.8 Å². The van der Waals surface area contributed by atoms with Gasteiger partial charge in [0.25, 0.3) is 0 Å². The average Bonchev–Trinajstić information content (AvgIpc) is 3.29. The monoisotopic (exact) mass is 365 g/mol. The number of fused-ring (bicyclic) bond motifs is 1. The number of nitrogens with one attached hydrogen (secondary N) is 1. The first-order valence-corrected chi connectivity index (χ1v) is 9.29. The minimum Gasteiger partial charge on any atom is -0.469 e. The fourth-order valence-electron chi connectivity index (χ4n) is 4.13. The van der Waals surface area contributed by atoms with Crippen LogP contribution in [-0.2, 0) is 20.9 Å². The predicted molar refractivity (Wildman–Crippen MR) is 99.8 cm³/mol. The summed E-state index contributed by atoms with van der Waals surface area (Å²) in [5.41, 5.74) is 3.33. The lowest BCUT2D eigenvalue weighted by molar-refractivity contribution is -0.140. The molecule has 0 radical (unpaired) electrons. The highest BCUT2D eigenvalue weighted by molar-refractivity contribution is 5.94. The molecule has 3 atom stereocenters. The van der Waals surface area contributed by atoms with Gasteiger partial charge >= 0.3 is 5.97 Å². The van der Waals surface area contributed by atoms with Gasteiger partial charge in [-0.15, -0.1) is 0 Å². The maximum atomic E-state index is 12.7. The lowest BCUT2D eigenvalue weighted by Crippen LogP contribution is -2.40. The molecule has 27 heavy (non-hydrogen) atoms. The highest BCUT2D eigenvalue weighted by Crippen LogP contribution is 2.41. The molecule has 4 rings (SSSR count). The van der Waals surface area contributed by atoms with E-state index < -0.39 is 5.97 Å². The second-order valence-corrected chi connectivity index (χ2v) is 7.47. The molecule has 1 aliphatic carbocycles. The molecule has 1 aromatic heterocycles. The van der Waals surface area contributed by atoms with Crippen molar-refractivity contribution in [2.45, 2.75) is 45.3 Å². The fraction of sp³-hybridized carbons (Fsp3) is 0.364. The number of hydrogen-bond acceptors (Lipinski definition) is 5. The normalized spacial score (nSPS) is 24.5. The molecule has 1 N–H and O–H groups in total. The summed E-state index contributed by atoms with van der Waals surface area (Å²) in [4.78, 5) is 25.3. The molecule has 5 heteroatoms. The molecule has 140 valence electrons. The summed E-state index contributed by atoms with van der Waals surface area (Å²) < 4.78 is 11.0. The average molecular weight is 365 g/mol. The van der Waals surface area contributed by atoms with Crippen molar-refractivity contribution in [3.63, 3.8) is 0 Å². The van der Waals surface area contributed by atoms with E-state index in [0.29, 0.717) is 12.1 Å². The van der Waals surface area contributed by atoms with Crippen molar-refractivity contribution in [2.24, 2.45) is 5.92 Å². The molecule has 5 nitrogen and oxygen atoms in total. The molecule has 1 aliphatic heterocycles. The highest BCUT2D eigenvalue weighted by atomic mass is 16.5. The Morgan fingerprint density at radius 1 is 1.22 bits per heavy atom. The smallest absolute Gasteiger partial charge is 0.354 e. The van der Waals surface area contributed by atoms with Gasteiger partial charge in [0.2, 0.25) is 0 Å². The lowest BCUT2D eigenvalue weighted by Gasteiger charge is -2.30. The van der Waals surface area contributed by atoms with E-state index >= 15 is 0 Å². The molecule has 1 fully saturated rings. The Bertz CT molecular complexity index is 880. The maximum absolute atomic E-state index is 12.7. The molecule has 2 aromatic rings. The van der Waals surface area contributed by atoms with E-state index in [1.165, 1.54) is 0 Å². The first kappa shape index (κ1) is 17.6. The SMILES string of the molecule is CC1=C(C(=O)OCc2ccc(C)cc2)NC2CC(c3ccco3)CC(=O)C12. The Morgan fingerprint density at radius 2 is 2.00 bits per heavy atom. The molecule has 0 saturated heterocycles. The van der Waals surface area contributed by atoms with Crippen LogP contribution in [0.1, 0.15) is 42.6 Å². The van der Waals surface area contributed by atoms with Crippen LogP contribution in [-0.4, -0.2) is 17.8 Å². The molecule has 0 amide bonds. The number of carbonyl (C=O) groups is 2. The molecule has 3 unspecified atom stereocenters. The van der Waals surface area contributed by atoms with Gasteiger partial charge in [0.1, 0.15) is 23.8 Å². The van der Waals surface area contributed by atoms with Gasteiger partial charge in [0.05, 0.1) is 12.2 Å². The molecule has 0 bridgehead atoms.